The van der Waals surface area contributed by atoms with Gasteiger partial charge < -0.3 is 25.5 Å². The fraction of sp³-hybridized carbons (Fsp3) is 1.00. The molecule has 1 aliphatic carbocycles. The SMILES string of the molecule is OCC1CCC(O)C(O)C(O)C1O. The summed E-state index contributed by atoms with van der Waals surface area (Å²) in [7, 11) is 0. The average Bonchev–Trinajstić information content (AvgIpc) is 2.22. The molecule has 0 spiro atoms. The molecule has 0 bridgehead atoms. The minimum absolute atomic E-state index is 0.252. The largest absolute Gasteiger partial charge is 0.396 e. The Kier molecular flexibility index (Phi) is 3.63. The number of rotatable bonds is 1. The van der Waals surface area contributed by atoms with Gasteiger partial charge in [-0.3, -0.25) is 0 Å². The molecule has 5 nitrogen and oxygen atoms in total. The van der Waals surface area contributed by atoms with Gasteiger partial charge in [-0.2, -0.15) is 0 Å². The molecule has 0 aliphatic heterocycles. The van der Waals surface area contributed by atoms with Crippen LogP contribution in [0.15, 0.2) is 0 Å². The van der Waals surface area contributed by atoms with Crippen LogP contribution in [0.25, 0.3) is 0 Å². The molecular weight excluding hydrogens is 176 g/mol. The van der Waals surface area contributed by atoms with E-state index in [1.807, 2.05) is 0 Å². The zero-order chi connectivity index (χ0) is 10.0. The lowest BCUT2D eigenvalue weighted by Gasteiger charge is -2.25. The van der Waals surface area contributed by atoms with Crippen LogP contribution in [0, 0.1) is 5.92 Å². The van der Waals surface area contributed by atoms with Crippen molar-refractivity contribution in [2.75, 3.05) is 6.61 Å². The fourth-order valence-corrected chi connectivity index (χ4v) is 1.63. The van der Waals surface area contributed by atoms with Crippen LogP contribution < -0.4 is 0 Å². The second kappa shape index (κ2) is 4.34. The third-order valence-corrected chi connectivity index (χ3v) is 2.64. The van der Waals surface area contributed by atoms with Crippen LogP contribution in [0.4, 0.5) is 0 Å². The van der Waals surface area contributed by atoms with Crippen molar-refractivity contribution in [2.24, 2.45) is 5.92 Å². The lowest BCUT2D eigenvalue weighted by Crippen LogP contribution is -2.44. The number of aliphatic hydroxyl groups is 5. The van der Waals surface area contributed by atoms with Crippen molar-refractivity contribution in [3.63, 3.8) is 0 Å². The predicted octanol–water partition coefficient (Wildman–Crippen LogP) is -2.17. The summed E-state index contributed by atoms with van der Waals surface area (Å²) in [4.78, 5) is 0. The van der Waals surface area contributed by atoms with E-state index in [9.17, 15) is 20.4 Å². The van der Waals surface area contributed by atoms with E-state index in [-0.39, 0.29) is 13.0 Å². The van der Waals surface area contributed by atoms with Crippen molar-refractivity contribution >= 4 is 0 Å². The van der Waals surface area contributed by atoms with E-state index in [1.54, 1.807) is 0 Å². The molecule has 78 valence electrons. The summed E-state index contributed by atoms with van der Waals surface area (Å²) in [6.07, 6.45) is -4.23. The van der Waals surface area contributed by atoms with Gasteiger partial charge in [-0.05, 0) is 12.8 Å². The molecule has 0 aromatic heterocycles. The van der Waals surface area contributed by atoms with Crippen molar-refractivity contribution in [3.8, 4) is 0 Å². The number of hydrogen-bond acceptors (Lipinski definition) is 5. The Morgan fingerprint density at radius 1 is 0.846 bits per heavy atom. The van der Waals surface area contributed by atoms with Crippen LogP contribution in [-0.2, 0) is 0 Å². The molecule has 0 saturated heterocycles. The second-order valence-corrected chi connectivity index (χ2v) is 3.56. The van der Waals surface area contributed by atoms with Crippen LogP contribution in [0.2, 0.25) is 0 Å². The van der Waals surface area contributed by atoms with Gasteiger partial charge >= 0.3 is 0 Å². The molecule has 1 aliphatic rings. The van der Waals surface area contributed by atoms with Gasteiger partial charge in [0.1, 0.15) is 12.2 Å². The van der Waals surface area contributed by atoms with Gasteiger partial charge in [0.2, 0.25) is 0 Å². The van der Waals surface area contributed by atoms with E-state index in [0.29, 0.717) is 6.42 Å². The second-order valence-electron chi connectivity index (χ2n) is 3.56. The number of aliphatic hydroxyl groups excluding tert-OH is 5. The summed E-state index contributed by atoms with van der Waals surface area (Å²) >= 11 is 0. The molecule has 13 heavy (non-hydrogen) atoms. The highest BCUT2D eigenvalue weighted by molar-refractivity contribution is 4.88. The van der Waals surface area contributed by atoms with Gasteiger partial charge in [0.25, 0.3) is 0 Å². The average molecular weight is 192 g/mol. The quantitative estimate of drug-likeness (QED) is 0.304. The molecular formula is C8H16O5. The van der Waals surface area contributed by atoms with Crippen LogP contribution in [-0.4, -0.2) is 56.6 Å². The highest BCUT2D eigenvalue weighted by Crippen LogP contribution is 2.24. The Hall–Kier alpha value is -0.200. The van der Waals surface area contributed by atoms with Gasteiger partial charge in [-0.25, -0.2) is 0 Å². The maximum absolute atomic E-state index is 9.42. The first kappa shape index (κ1) is 10.9. The highest BCUT2D eigenvalue weighted by atomic mass is 16.4. The minimum atomic E-state index is -1.38. The lowest BCUT2D eigenvalue weighted by atomic mass is 9.96. The summed E-state index contributed by atoms with van der Waals surface area (Å²) in [6, 6.07) is 0. The third kappa shape index (κ3) is 2.18. The summed E-state index contributed by atoms with van der Waals surface area (Å²) < 4.78 is 0. The van der Waals surface area contributed by atoms with Crippen molar-refractivity contribution in [2.45, 2.75) is 37.3 Å². The first-order chi connectivity index (χ1) is 6.07. The number of hydrogen-bond donors (Lipinski definition) is 5. The molecule has 5 N–H and O–H groups in total. The van der Waals surface area contributed by atoms with E-state index in [0.717, 1.165) is 0 Å². The molecule has 0 heterocycles. The standard InChI is InChI=1S/C8H16O5/c9-3-4-1-2-5(10)7(12)8(13)6(4)11/h4-13H,1-3H2. The van der Waals surface area contributed by atoms with Gasteiger partial charge in [0, 0.05) is 12.5 Å². The van der Waals surface area contributed by atoms with Crippen molar-refractivity contribution in [1.82, 2.24) is 0 Å². The summed E-state index contributed by atoms with van der Waals surface area (Å²) in [5.74, 6) is -0.471. The highest BCUT2D eigenvalue weighted by Gasteiger charge is 2.38. The molecule has 1 saturated carbocycles. The Balaban J connectivity index is 2.69. The van der Waals surface area contributed by atoms with Gasteiger partial charge in [-0.15, -0.1) is 0 Å². The monoisotopic (exact) mass is 192 g/mol. The molecule has 5 atom stereocenters. The first-order valence-electron chi connectivity index (χ1n) is 4.41. The summed E-state index contributed by atoms with van der Waals surface area (Å²) in [5, 5.41) is 46.1. The smallest absolute Gasteiger partial charge is 0.109 e. The molecule has 0 radical (unpaired) electrons. The van der Waals surface area contributed by atoms with E-state index >= 15 is 0 Å². The first-order valence-corrected chi connectivity index (χ1v) is 4.41. The zero-order valence-corrected chi connectivity index (χ0v) is 7.24. The van der Waals surface area contributed by atoms with Crippen LogP contribution >= 0.6 is 0 Å². The Labute approximate surface area is 76.3 Å². The van der Waals surface area contributed by atoms with E-state index in [1.165, 1.54) is 0 Å². The summed E-state index contributed by atoms with van der Waals surface area (Å²) in [6.45, 7) is -0.252. The molecule has 1 fully saturated rings. The molecule has 0 aromatic carbocycles. The zero-order valence-electron chi connectivity index (χ0n) is 7.24. The Morgan fingerprint density at radius 3 is 2.00 bits per heavy atom. The maximum atomic E-state index is 9.42. The molecule has 0 aromatic rings. The van der Waals surface area contributed by atoms with Crippen molar-refractivity contribution in [1.29, 1.82) is 0 Å². The Morgan fingerprint density at radius 2 is 1.46 bits per heavy atom. The fourth-order valence-electron chi connectivity index (χ4n) is 1.63. The van der Waals surface area contributed by atoms with E-state index in [4.69, 9.17) is 5.11 Å². The van der Waals surface area contributed by atoms with Gasteiger partial charge in [-0.1, -0.05) is 0 Å². The topological polar surface area (TPSA) is 101 Å². The predicted molar refractivity (Wildman–Crippen MR) is 43.8 cm³/mol. The minimum Gasteiger partial charge on any atom is -0.396 e. The maximum Gasteiger partial charge on any atom is 0.109 e. The molecule has 0 amide bonds. The normalized spacial score (nSPS) is 47.3. The van der Waals surface area contributed by atoms with E-state index < -0.39 is 30.3 Å². The third-order valence-electron chi connectivity index (χ3n) is 2.64. The summed E-state index contributed by atoms with van der Waals surface area (Å²) in [5.41, 5.74) is 0. The van der Waals surface area contributed by atoms with Gasteiger partial charge in [0.05, 0.1) is 12.2 Å². The van der Waals surface area contributed by atoms with E-state index in [2.05, 4.69) is 0 Å². The van der Waals surface area contributed by atoms with Gasteiger partial charge in [0.15, 0.2) is 0 Å². The van der Waals surface area contributed by atoms with Crippen molar-refractivity contribution < 1.29 is 25.5 Å². The van der Waals surface area contributed by atoms with Crippen molar-refractivity contribution in [3.05, 3.63) is 0 Å². The van der Waals surface area contributed by atoms with Crippen LogP contribution in [0.5, 0.6) is 0 Å². The van der Waals surface area contributed by atoms with Crippen LogP contribution in [0.3, 0.4) is 0 Å². The molecule has 5 heteroatoms. The Bertz CT molecular complexity index is 161. The molecule has 1 rings (SSSR count). The molecule has 5 unspecified atom stereocenters. The lowest BCUT2D eigenvalue weighted by molar-refractivity contribution is -0.107. The van der Waals surface area contributed by atoms with Crippen LogP contribution in [0.1, 0.15) is 12.8 Å².